The van der Waals surface area contributed by atoms with Crippen LogP contribution in [-0.2, 0) is 0 Å². The van der Waals surface area contributed by atoms with Crippen molar-refractivity contribution in [1.82, 2.24) is 9.78 Å². The number of aliphatic hydroxyl groups excluding tert-OH is 1. The molecule has 6 heteroatoms. The summed E-state index contributed by atoms with van der Waals surface area (Å²) in [5.74, 6) is -0.523. The van der Waals surface area contributed by atoms with E-state index < -0.39 is 17.5 Å². The maximum absolute atomic E-state index is 13.5. The number of halogens is 1. The molecule has 1 atom stereocenters. The molecule has 0 bridgehead atoms. The Bertz CT molecular complexity index is 576. The third-order valence-corrected chi connectivity index (χ3v) is 2.42. The predicted molar refractivity (Wildman–Crippen MR) is 60.4 cm³/mol. The minimum absolute atomic E-state index is 0.0166. The van der Waals surface area contributed by atoms with Crippen LogP contribution >= 0.6 is 0 Å². The van der Waals surface area contributed by atoms with Crippen molar-refractivity contribution in [2.75, 3.05) is 6.54 Å². The van der Waals surface area contributed by atoms with Gasteiger partial charge in [0.1, 0.15) is 17.6 Å². The van der Waals surface area contributed by atoms with E-state index in [4.69, 9.17) is 5.73 Å². The molecule has 0 radical (unpaired) electrons. The second-order valence-electron chi connectivity index (χ2n) is 3.59. The summed E-state index contributed by atoms with van der Waals surface area (Å²) in [6.45, 7) is -0.0166. The standard InChI is InChI=1S/C11H12FN3O2/c12-7-3-1-2-4-9(7)15-11(17)5-8(14-15)10(16)6-13/h1-5,10,14,16H,6,13H2. The van der Waals surface area contributed by atoms with Crippen LogP contribution in [0.2, 0.25) is 0 Å². The van der Waals surface area contributed by atoms with E-state index in [2.05, 4.69) is 5.10 Å². The average Bonchev–Trinajstić information content (AvgIpc) is 2.71. The highest BCUT2D eigenvalue weighted by atomic mass is 19.1. The summed E-state index contributed by atoms with van der Waals surface area (Å²) in [6, 6.07) is 7.06. The van der Waals surface area contributed by atoms with Crippen LogP contribution in [-0.4, -0.2) is 21.4 Å². The molecule has 1 aromatic carbocycles. The molecule has 0 saturated carbocycles. The van der Waals surface area contributed by atoms with E-state index >= 15 is 0 Å². The second-order valence-corrected chi connectivity index (χ2v) is 3.59. The molecule has 2 rings (SSSR count). The van der Waals surface area contributed by atoms with Crippen molar-refractivity contribution in [2.24, 2.45) is 5.73 Å². The first kappa shape index (κ1) is 11.6. The zero-order chi connectivity index (χ0) is 12.4. The summed E-state index contributed by atoms with van der Waals surface area (Å²) in [5.41, 5.74) is 5.20. The van der Waals surface area contributed by atoms with Gasteiger partial charge < -0.3 is 10.8 Å². The fraction of sp³-hybridized carbons (Fsp3) is 0.182. The number of hydrogen-bond acceptors (Lipinski definition) is 3. The summed E-state index contributed by atoms with van der Waals surface area (Å²) in [5, 5.41) is 12.1. The van der Waals surface area contributed by atoms with Crippen LogP contribution in [0.3, 0.4) is 0 Å². The molecule has 0 aliphatic heterocycles. The van der Waals surface area contributed by atoms with Crippen LogP contribution in [0.5, 0.6) is 0 Å². The van der Waals surface area contributed by atoms with Crippen molar-refractivity contribution < 1.29 is 9.50 Å². The Hall–Kier alpha value is -1.92. The molecule has 4 N–H and O–H groups in total. The molecule has 0 aliphatic carbocycles. The van der Waals surface area contributed by atoms with E-state index in [0.29, 0.717) is 0 Å². The lowest BCUT2D eigenvalue weighted by atomic mass is 10.3. The minimum atomic E-state index is -0.962. The van der Waals surface area contributed by atoms with Crippen LogP contribution in [0.15, 0.2) is 35.1 Å². The van der Waals surface area contributed by atoms with Gasteiger partial charge in [-0.1, -0.05) is 12.1 Å². The van der Waals surface area contributed by atoms with E-state index in [9.17, 15) is 14.3 Å². The molecule has 5 nitrogen and oxygen atoms in total. The van der Waals surface area contributed by atoms with Gasteiger partial charge in [-0.3, -0.25) is 9.89 Å². The topological polar surface area (TPSA) is 84.0 Å². The fourth-order valence-corrected chi connectivity index (χ4v) is 1.52. The van der Waals surface area contributed by atoms with E-state index in [1.807, 2.05) is 0 Å². The number of H-pyrrole nitrogens is 1. The number of benzene rings is 1. The molecule has 17 heavy (non-hydrogen) atoms. The van der Waals surface area contributed by atoms with Crippen LogP contribution in [0.25, 0.3) is 5.69 Å². The molecule has 1 unspecified atom stereocenters. The van der Waals surface area contributed by atoms with Crippen molar-refractivity contribution in [1.29, 1.82) is 0 Å². The molecule has 0 amide bonds. The monoisotopic (exact) mass is 237 g/mol. The molecule has 1 aromatic heterocycles. The average molecular weight is 237 g/mol. The summed E-state index contributed by atoms with van der Waals surface area (Å²) in [4.78, 5) is 11.6. The van der Waals surface area contributed by atoms with Gasteiger partial charge in [0.25, 0.3) is 5.56 Å². The van der Waals surface area contributed by atoms with Crippen molar-refractivity contribution in [2.45, 2.75) is 6.10 Å². The van der Waals surface area contributed by atoms with Gasteiger partial charge >= 0.3 is 0 Å². The molecule has 90 valence electrons. The highest BCUT2D eigenvalue weighted by Crippen LogP contribution is 2.12. The Balaban J connectivity index is 2.51. The van der Waals surface area contributed by atoms with E-state index in [1.165, 1.54) is 24.3 Å². The lowest BCUT2D eigenvalue weighted by Crippen LogP contribution is -2.15. The first-order chi connectivity index (χ1) is 8.13. The van der Waals surface area contributed by atoms with Gasteiger partial charge in [-0.05, 0) is 12.1 Å². The zero-order valence-electron chi connectivity index (χ0n) is 8.93. The summed E-state index contributed by atoms with van der Waals surface area (Å²) in [6.07, 6.45) is -0.962. The van der Waals surface area contributed by atoms with Gasteiger partial charge in [0.05, 0.1) is 5.69 Å². The molecule has 0 fully saturated rings. The number of aromatic nitrogens is 2. The van der Waals surface area contributed by atoms with Crippen molar-refractivity contribution in [3.05, 3.63) is 52.2 Å². The minimum Gasteiger partial charge on any atom is -0.385 e. The molecule has 0 saturated heterocycles. The zero-order valence-corrected chi connectivity index (χ0v) is 8.93. The number of nitrogens with two attached hydrogens (primary N) is 1. The summed E-state index contributed by atoms with van der Waals surface area (Å²) < 4.78 is 14.5. The molecule has 2 aromatic rings. The van der Waals surface area contributed by atoms with E-state index in [1.54, 1.807) is 6.07 Å². The van der Waals surface area contributed by atoms with Crippen LogP contribution < -0.4 is 11.3 Å². The number of aromatic amines is 1. The molecule has 1 heterocycles. The quantitative estimate of drug-likeness (QED) is 0.717. The van der Waals surface area contributed by atoms with Gasteiger partial charge in [-0.2, -0.15) is 0 Å². The highest BCUT2D eigenvalue weighted by Gasteiger charge is 2.13. The first-order valence-corrected chi connectivity index (χ1v) is 5.08. The largest absolute Gasteiger partial charge is 0.385 e. The predicted octanol–water partition coefficient (Wildman–Crippen LogP) is 0.297. The fourth-order valence-electron chi connectivity index (χ4n) is 1.52. The number of rotatable bonds is 3. The van der Waals surface area contributed by atoms with Crippen molar-refractivity contribution in [3.63, 3.8) is 0 Å². The Morgan fingerprint density at radius 2 is 2.18 bits per heavy atom. The molecular formula is C11H12FN3O2. The van der Waals surface area contributed by atoms with Crippen molar-refractivity contribution in [3.8, 4) is 5.69 Å². The maximum Gasteiger partial charge on any atom is 0.271 e. The normalized spacial score (nSPS) is 12.6. The van der Waals surface area contributed by atoms with Gasteiger partial charge in [-0.15, -0.1) is 0 Å². The molecule has 0 spiro atoms. The Morgan fingerprint density at radius 3 is 2.82 bits per heavy atom. The lowest BCUT2D eigenvalue weighted by molar-refractivity contribution is 0.181. The van der Waals surface area contributed by atoms with Gasteiger partial charge in [0.15, 0.2) is 0 Å². The Morgan fingerprint density at radius 1 is 1.47 bits per heavy atom. The van der Waals surface area contributed by atoms with Crippen molar-refractivity contribution >= 4 is 0 Å². The number of nitrogens with zero attached hydrogens (tertiary/aromatic N) is 1. The first-order valence-electron chi connectivity index (χ1n) is 5.08. The van der Waals surface area contributed by atoms with Crippen LogP contribution in [0, 0.1) is 5.82 Å². The Labute approximate surface area is 96.3 Å². The van der Waals surface area contributed by atoms with Gasteiger partial charge in [0.2, 0.25) is 0 Å². The molecule has 0 aliphatic rings. The smallest absolute Gasteiger partial charge is 0.271 e. The number of aliphatic hydroxyl groups is 1. The highest BCUT2D eigenvalue weighted by molar-refractivity contribution is 5.32. The van der Waals surface area contributed by atoms with E-state index in [-0.39, 0.29) is 17.9 Å². The SMILES string of the molecule is NCC(O)c1cc(=O)n(-c2ccccc2F)[nH]1. The third kappa shape index (κ3) is 2.13. The Kier molecular flexibility index (Phi) is 3.08. The van der Waals surface area contributed by atoms with E-state index in [0.717, 1.165) is 4.68 Å². The molecular weight excluding hydrogens is 225 g/mol. The van der Waals surface area contributed by atoms with Crippen LogP contribution in [0.4, 0.5) is 4.39 Å². The van der Waals surface area contributed by atoms with Crippen LogP contribution in [0.1, 0.15) is 11.8 Å². The number of nitrogens with one attached hydrogen (secondary N) is 1. The maximum atomic E-state index is 13.5. The third-order valence-electron chi connectivity index (χ3n) is 2.42. The number of para-hydroxylation sites is 1. The van der Waals surface area contributed by atoms with Gasteiger partial charge in [0, 0.05) is 12.6 Å². The van der Waals surface area contributed by atoms with Gasteiger partial charge in [-0.25, -0.2) is 9.07 Å². The summed E-state index contributed by atoms with van der Waals surface area (Å²) >= 11 is 0. The lowest BCUT2D eigenvalue weighted by Gasteiger charge is -2.05. The number of hydrogen-bond donors (Lipinski definition) is 3. The summed E-state index contributed by atoms with van der Waals surface area (Å²) in [7, 11) is 0. The second kappa shape index (κ2) is 4.52.